The SMILES string of the molecule is O=C(Nc1cccc(Cl)c1)c1ccc(S(=O)(=O)N2CCCC2)cc1. The number of rotatable bonds is 4. The lowest BCUT2D eigenvalue weighted by molar-refractivity contribution is 0.102. The van der Waals surface area contributed by atoms with Crippen LogP contribution in [0.5, 0.6) is 0 Å². The van der Waals surface area contributed by atoms with E-state index in [1.54, 1.807) is 24.3 Å². The average Bonchev–Trinajstić information content (AvgIpc) is 3.10. The molecule has 0 aromatic heterocycles. The lowest BCUT2D eigenvalue weighted by Crippen LogP contribution is -2.27. The standard InChI is InChI=1S/C17H17ClN2O3S/c18-14-4-3-5-15(12-14)19-17(21)13-6-8-16(9-7-13)24(22,23)20-10-1-2-11-20/h3-9,12H,1-2,10-11H2,(H,19,21). The summed E-state index contributed by atoms with van der Waals surface area (Å²) in [6, 6.07) is 12.8. The third-order valence-corrected chi connectivity index (χ3v) is 6.05. The molecule has 0 atom stereocenters. The lowest BCUT2D eigenvalue weighted by Gasteiger charge is -2.15. The molecule has 1 saturated heterocycles. The van der Waals surface area contributed by atoms with Gasteiger partial charge in [0, 0.05) is 29.4 Å². The van der Waals surface area contributed by atoms with Gasteiger partial charge in [-0.25, -0.2) is 8.42 Å². The molecule has 5 nitrogen and oxygen atoms in total. The van der Waals surface area contributed by atoms with Crippen LogP contribution in [0.15, 0.2) is 53.4 Å². The second-order valence-electron chi connectivity index (χ2n) is 5.60. The average molecular weight is 365 g/mol. The predicted molar refractivity (Wildman–Crippen MR) is 93.8 cm³/mol. The van der Waals surface area contributed by atoms with Crippen molar-refractivity contribution in [2.75, 3.05) is 18.4 Å². The normalized spacial score (nSPS) is 15.4. The minimum atomic E-state index is -3.46. The zero-order chi connectivity index (χ0) is 17.2. The Kier molecular flexibility index (Phi) is 4.89. The summed E-state index contributed by atoms with van der Waals surface area (Å²) < 4.78 is 26.4. The molecule has 7 heteroatoms. The highest BCUT2D eigenvalue weighted by atomic mass is 35.5. The zero-order valence-electron chi connectivity index (χ0n) is 12.9. The van der Waals surface area contributed by atoms with Gasteiger partial charge < -0.3 is 5.32 Å². The summed E-state index contributed by atoms with van der Waals surface area (Å²) in [7, 11) is -3.46. The Morgan fingerprint density at radius 1 is 1.04 bits per heavy atom. The maximum absolute atomic E-state index is 12.5. The van der Waals surface area contributed by atoms with Crippen LogP contribution >= 0.6 is 11.6 Å². The topological polar surface area (TPSA) is 66.5 Å². The molecule has 0 bridgehead atoms. The van der Waals surface area contributed by atoms with Gasteiger partial charge in [0.05, 0.1) is 4.90 Å². The van der Waals surface area contributed by atoms with Crippen LogP contribution in [0.25, 0.3) is 0 Å². The number of carbonyl (C=O) groups excluding carboxylic acids is 1. The molecular weight excluding hydrogens is 348 g/mol. The first kappa shape index (κ1) is 17.0. The number of sulfonamides is 1. The Morgan fingerprint density at radius 2 is 1.71 bits per heavy atom. The van der Waals surface area contributed by atoms with Crippen molar-refractivity contribution in [2.45, 2.75) is 17.7 Å². The number of nitrogens with one attached hydrogen (secondary N) is 1. The molecule has 126 valence electrons. The molecule has 1 heterocycles. The summed E-state index contributed by atoms with van der Waals surface area (Å²) in [6.07, 6.45) is 1.78. The van der Waals surface area contributed by atoms with Crippen molar-refractivity contribution in [3.8, 4) is 0 Å². The Hall–Kier alpha value is -1.89. The van der Waals surface area contributed by atoms with Crippen LogP contribution in [0.2, 0.25) is 5.02 Å². The molecule has 3 rings (SSSR count). The second kappa shape index (κ2) is 6.93. The second-order valence-corrected chi connectivity index (χ2v) is 7.97. The van der Waals surface area contributed by atoms with E-state index in [4.69, 9.17) is 11.6 Å². The third kappa shape index (κ3) is 3.61. The van der Waals surface area contributed by atoms with E-state index in [1.807, 2.05) is 0 Å². The van der Waals surface area contributed by atoms with E-state index in [1.165, 1.54) is 28.6 Å². The molecule has 24 heavy (non-hydrogen) atoms. The molecule has 2 aromatic carbocycles. The molecule has 0 aliphatic carbocycles. The van der Waals surface area contributed by atoms with Gasteiger partial charge in [-0.3, -0.25) is 4.79 Å². The molecular formula is C17H17ClN2O3S. The summed E-state index contributed by atoms with van der Waals surface area (Å²) in [4.78, 5) is 12.4. The smallest absolute Gasteiger partial charge is 0.255 e. The predicted octanol–water partition coefficient (Wildman–Crippen LogP) is 3.38. The quantitative estimate of drug-likeness (QED) is 0.904. The van der Waals surface area contributed by atoms with Gasteiger partial charge >= 0.3 is 0 Å². The van der Waals surface area contributed by atoms with Crippen molar-refractivity contribution in [1.82, 2.24) is 4.31 Å². The number of carbonyl (C=O) groups is 1. The van der Waals surface area contributed by atoms with E-state index in [0.29, 0.717) is 29.4 Å². The van der Waals surface area contributed by atoms with Crippen molar-refractivity contribution >= 4 is 33.2 Å². The molecule has 0 saturated carbocycles. The molecule has 1 amide bonds. The highest BCUT2D eigenvalue weighted by molar-refractivity contribution is 7.89. The van der Waals surface area contributed by atoms with Gasteiger partial charge in [0.15, 0.2) is 0 Å². The van der Waals surface area contributed by atoms with Gasteiger partial charge in [-0.15, -0.1) is 0 Å². The monoisotopic (exact) mass is 364 g/mol. The number of nitrogens with zero attached hydrogens (tertiary/aromatic N) is 1. The number of halogens is 1. The molecule has 1 fully saturated rings. The molecule has 1 aliphatic rings. The number of amides is 1. The van der Waals surface area contributed by atoms with Crippen molar-refractivity contribution in [3.05, 3.63) is 59.1 Å². The van der Waals surface area contributed by atoms with E-state index in [9.17, 15) is 13.2 Å². The van der Waals surface area contributed by atoms with Gasteiger partial charge in [0.1, 0.15) is 0 Å². The summed E-state index contributed by atoms with van der Waals surface area (Å²) in [6.45, 7) is 1.11. The number of hydrogen-bond donors (Lipinski definition) is 1. The summed E-state index contributed by atoms with van der Waals surface area (Å²) in [5.74, 6) is -0.317. The number of anilines is 1. The number of benzene rings is 2. The fourth-order valence-electron chi connectivity index (χ4n) is 2.63. The fourth-order valence-corrected chi connectivity index (χ4v) is 4.33. The molecule has 0 radical (unpaired) electrons. The molecule has 1 N–H and O–H groups in total. The third-order valence-electron chi connectivity index (χ3n) is 3.90. The summed E-state index contributed by atoms with van der Waals surface area (Å²) in [5.41, 5.74) is 0.969. The van der Waals surface area contributed by atoms with Crippen LogP contribution < -0.4 is 5.32 Å². The van der Waals surface area contributed by atoms with Crippen LogP contribution in [0.1, 0.15) is 23.2 Å². The van der Waals surface area contributed by atoms with Crippen LogP contribution in [-0.2, 0) is 10.0 Å². The van der Waals surface area contributed by atoms with Gasteiger partial charge in [0.25, 0.3) is 5.91 Å². The van der Waals surface area contributed by atoms with Crippen molar-refractivity contribution in [3.63, 3.8) is 0 Å². The van der Waals surface area contributed by atoms with Gasteiger partial charge in [-0.05, 0) is 55.3 Å². The highest BCUT2D eigenvalue weighted by Gasteiger charge is 2.27. The highest BCUT2D eigenvalue weighted by Crippen LogP contribution is 2.21. The first-order valence-electron chi connectivity index (χ1n) is 7.64. The van der Waals surface area contributed by atoms with Crippen molar-refractivity contribution in [2.24, 2.45) is 0 Å². The Labute approximate surface area is 146 Å². The summed E-state index contributed by atoms with van der Waals surface area (Å²) in [5, 5.41) is 3.26. The Morgan fingerprint density at radius 3 is 2.33 bits per heavy atom. The molecule has 0 unspecified atom stereocenters. The van der Waals surface area contributed by atoms with Crippen LogP contribution in [0, 0.1) is 0 Å². The van der Waals surface area contributed by atoms with Crippen LogP contribution in [0.4, 0.5) is 5.69 Å². The number of hydrogen-bond acceptors (Lipinski definition) is 3. The zero-order valence-corrected chi connectivity index (χ0v) is 14.5. The minimum absolute atomic E-state index is 0.212. The fraction of sp³-hybridized carbons (Fsp3) is 0.235. The largest absolute Gasteiger partial charge is 0.322 e. The first-order valence-corrected chi connectivity index (χ1v) is 9.46. The molecule has 2 aromatic rings. The lowest BCUT2D eigenvalue weighted by atomic mass is 10.2. The van der Waals surface area contributed by atoms with Gasteiger partial charge in [0.2, 0.25) is 10.0 Å². The first-order chi connectivity index (χ1) is 11.5. The Balaban J connectivity index is 1.75. The minimum Gasteiger partial charge on any atom is -0.322 e. The van der Waals surface area contributed by atoms with E-state index >= 15 is 0 Å². The maximum atomic E-state index is 12.5. The molecule has 0 spiro atoms. The Bertz CT molecular complexity index is 844. The van der Waals surface area contributed by atoms with Gasteiger partial charge in [-0.1, -0.05) is 17.7 Å². The van der Waals surface area contributed by atoms with E-state index in [-0.39, 0.29) is 10.8 Å². The maximum Gasteiger partial charge on any atom is 0.255 e. The van der Waals surface area contributed by atoms with E-state index in [0.717, 1.165) is 12.8 Å². The molecule has 1 aliphatic heterocycles. The van der Waals surface area contributed by atoms with Gasteiger partial charge in [-0.2, -0.15) is 4.31 Å². The van der Waals surface area contributed by atoms with Crippen LogP contribution in [0.3, 0.4) is 0 Å². The van der Waals surface area contributed by atoms with Crippen LogP contribution in [-0.4, -0.2) is 31.7 Å². The van der Waals surface area contributed by atoms with E-state index in [2.05, 4.69) is 5.32 Å². The van der Waals surface area contributed by atoms with E-state index < -0.39 is 10.0 Å². The van der Waals surface area contributed by atoms with Crippen molar-refractivity contribution in [1.29, 1.82) is 0 Å². The summed E-state index contributed by atoms with van der Waals surface area (Å²) >= 11 is 5.88. The van der Waals surface area contributed by atoms with Crippen molar-refractivity contribution < 1.29 is 13.2 Å².